The molecule has 1 saturated heterocycles. The third-order valence-corrected chi connectivity index (χ3v) is 5.33. The Kier molecular flexibility index (Phi) is 9.87. The van der Waals surface area contributed by atoms with E-state index >= 15 is 0 Å². The topological polar surface area (TPSA) is 118 Å². The van der Waals surface area contributed by atoms with Gasteiger partial charge < -0.3 is 30.7 Å². The molecule has 0 saturated carbocycles. The summed E-state index contributed by atoms with van der Waals surface area (Å²) in [5, 5.41) is 11.5. The van der Waals surface area contributed by atoms with Gasteiger partial charge in [-0.05, 0) is 61.7 Å². The van der Waals surface area contributed by atoms with Crippen LogP contribution in [0.2, 0.25) is 0 Å². The molecule has 1 fully saturated rings. The van der Waals surface area contributed by atoms with E-state index in [0.717, 1.165) is 25.9 Å². The van der Waals surface area contributed by atoms with Crippen LogP contribution >= 0.6 is 0 Å². The van der Waals surface area contributed by atoms with E-state index in [1.54, 1.807) is 55.6 Å². The second-order valence-corrected chi connectivity index (χ2v) is 8.01. The van der Waals surface area contributed by atoms with E-state index in [-0.39, 0.29) is 30.4 Å². The molecular weight excluding hydrogens is 436 g/mol. The molecule has 3 amide bonds. The van der Waals surface area contributed by atoms with Gasteiger partial charge in [0.25, 0.3) is 11.8 Å². The highest BCUT2D eigenvalue weighted by Gasteiger charge is 2.16. The van der Waals surface area contributed by atoms with Gasteiger partial charge in [0.05, 0.1) is 12.6 Å². The summed E-state index contributed by atoms with van der Waals surface area (Å²) in [4.78, 5) is 36.8. The molecule has 0 aromatic heterocycles. The SMILES string of the molecule is COCCCNC(=O)c1ccc(NC(=O)CNc2cccc(C(=O)NCC3CCCO3)c2)cc1. The van der Waals surface area contributed by atoms with Gasteiger partial charge >= 0.3 is 0 Å². The first kappa shape index (κ1) is 25.2. The Labute approximate surface area is 199 Å². The van der Waals surface area contributed by atoms with Crippen molar-refractivity contribution < 1.29 is 23.9 Å². The van der Waals surface area contributed by atoms with Crippen molar-refractivity contribution in [2.45, 2.75) is 25.4 Å². The molecule has 1 unspecified atom stereocenters. The van der Waals surface area contributed by atoms with Crippen LogP contribution in [0.15, 0.2) is 48.5 Å². The Morgan fingerprint density at radius 3 is 2.53 bits per heavy atom. The van der Waals surface area contributed by atoms with Crippen LogP contribution in [-0.4, -0.2) is 63.8 Å². The molecule has 0 spiro atoms. The molecule has 9 heteroatoms. The van der Waals surface area contributed by atoms with Gasteiger partial charge in [0.1, 0.15) is 0 Å². The van der Waals surface area contributed by atoms with Crippen LogP contribution in [0.3, 0.4) is 0 Å². The van der Waals surface area contributed by atoms with Gasteiger partial charge in [0, 0.05) is 55.9 Å². The van der Waals surface area contributed by atoms with E-state index in [9.17, 15) is 14.4 Å². The van der Waals surface area contributed by atoms with Crippen LogP contribution in [0.1, 0.15) is 40.0 Å². The van der Waals surface area contributed by atoms with Gasteiger partial charge in [-0.1, -0.05) is 6.07 Å². The summed E-state index contributed by atoms with van der Waals surface area (Å²) in [6, 6.07) is 13.7. The van der Waals surface area contributed by atoms with Crippen molar-refractivity contribution in [2.24, 2.45) is 0 Å². The third kappa shape index (κ3) is 8.17. The number of carbonyl (C=O) groups is 3. The Balaban J connectivity index is 1.42. The minimum atomic E-state index is -0.245. The maximum Gasteiger partial charge on any atom is 0.251 e. The lowest BCUT2D eigenvalue weighted by Crippen LogP contribution is -2.31. The van der Waals surface area contributed by atoms with Crippen molar-refractivity contribution in [1.29, 1.82) is 0 Å². The molecule has 2 aromatic carbocycles. The largest absolute Gasteiger partial charge is 0.385 e. The molecule has 2 aromatic rings. The summed E-state index contributed by atoms with van der Waals surface area (Å²) in [6.45, 7) is 2.40. The highest BCUT2D eigenvalue weighted by atomic mass is 16.5. The summed E-state index contributed by atoms with van der Waals surface area (Å²) in [5.41, 5.74) is 2.29. The second kappa shape index (κ2) is 13.3. The van der Waals surface area contributed by atoms with E-state index in [2.05, 4.69) is 21.3 Å². The number of hydrogen-bond acceptors (Lipinski definition) is 6. The summed E-state index contributed by atoms with van der Waals surface area (Å²) in [6.07, 6.45) is 2.81. The predicted octanol–water partition coefficient (Wildman–Crippen LogP) is 2.41. The Morgan fingerprint density at radius 2 is 1.79 bits per heavy atom. The monoisotopic (exact) mass is 468 g/mol. The molecule has 182 valence electrons. The Bertz CT molecular complexity index is 958. The lowest BCUT2D eigenvalue weighted by Gasteiger charge is -2.12. The summed E-state index contributed by atoms with van der Waals surface area (Å²) in [5.74, 6) is -0.591. The van der Waals surface area contributed by atoms with E-state index < -0.39 is 0 Å². The molecule has 1 atom stereocenters. The maximum atomic E-state index is 12.4. The molecule has 1 aliphatic rings. The number of anilines is 2. The van der Waals surface area contributed by atoms with E-state index in [1.165, 1.54) is 0 Å². The Morgan fingerprint density at radius 1 is 1.00 bits per heavy atom. The van der Waals surface area contributed by atoms with E-state index in [0.29, 0.717) is 42.2 Å². The highest BCUT2D eigenvalue weighted by Crippen LogP contribution is 2.13. The van der Waals surface area contributed by atoms with Crippen LogP contribution in [0.25, 0.3) is 0 Å². The molecule has 0 bridgehead atoms. The van der Waals surface area contributed by atoms with Crippen molar-refractivity contribution in [1.82, 2.24) is 10.6 Å². The van der Waals surface area contributed by atoms with Crippen LogP contribution < -0.4 is 21.3 Å². The molecule has 9 nitrogen and oxygen atoms in total. The van der Waals surface area contributed by atoms with E-state index in [1.807, 2.05) is 0 Å². The summed E-state index contributed by atoms with van der Waals surface area (Å²) >= 11 is 0. The molecule has 3 rings (SSSR count). The quantitative estimate of drug-likeness (QED) is 0.356. The van der Waals surface area contributed by atoms with Crippen molar-refractivity contribution in [3.05, 3.63) is 59.7 Å². The van der Waals surface area contributed by atoms with Gasteiger partial charge in [-0.25, -0.2) is 0 Å². The van der Waals surface area contributed by atoms with Gasteiger partial charge in [-0.2, -0.15) is 0 Å². The average molecular weight is 469 g/mol. The predicted molar refractivity (Wildman–Crippen MR) is 130 cm³/mol. The van der Waals surface area contributed by atoms with Gasteiger partial charge in [0.2, 0.25) is 5.91 Å². The Hall–Kier alpha value is -3.43. The number of rotatable bonds is 12. The number of amides is 3. The van der Waals surface area contributed by atoms with E-state index in [4.69, 9.17) is 9.47 Å². The lowest BCUT2D eigenvalue weighted by molar-refractivity contribution is -0.114. The molecule has 1 heterocycles. The minimum absolute atomic E-state index is 0.0305. The fourth-order valence-electron chi connectivity index (χ4n) is 3.50. The molecule has 34 heavy (non-hydrogen) atoms. The zero-order valence-corrected chi connectivity index (χ0v) is 19.4. The lowest BCUT2D eigenvalue weighted by atomic mass is 10.1. The average Bonchev–Trinajstić information content (AvgIpc) is 3.38. The van der Waals surface area contributed by atoms with Crippen LogP contribution in [0.5, 0.6) is 0 Å². The molecule has 0 radical (unpaired) electrons. The third-order valence-electron chi connectivity index (χ3n) is 5.33. The fourth-order valence-corrected chi connectivity index (χ4v) is 3.50. The van der Waals surface area contributed by atoms with Gasteiger partial charge in [0.15, 0.2) is 0 Å². The number of benzene rings is 2. The van der Waals surface area contributed by atoms with Crippen molar-refractivity contribution in [2.75, 3.05) is 50.6 Å². The first-order valence-corrected chi connectivity index (χ1v) is 11.5. The standard InChI is InChI=1S/C25H32N4O5/c1-33-13-4-12-26-24(31)18-8-10-20(11-9-18)29-23(30)17-27-21-6-2-5-19(15-21)25(32)28-16-22-7-3-14-34-22/h2,5-6,8-11,15,22,27H,3-4,7,12-14,16-17H2,1H3,(H,26,31)(H,28,32)(H,29,30). The van der Waals surface area contributed by atoms with Gasteiger partial charge in [-0.15, -0.1) is 0 Å². The normalized spacial score (nSPS) is 14.9. The smallest absolute Gasteiger partial charge is 0.251 e. The summed E-state index contributed by atoms with van der Waals surface area (Å²) in [7, 11) is 1.62. The van der Waals surface area contributed by atoms with Crippen LogP contribution in [0, 0.1) is 0 Å². The van der Waals surface area contributed by atoms with Crippen LogP contribution in [0.4, 0.5) is 11.4 Å². The summed E-state index contributed by atoms with van der Waals surface area (Å²) < 4.78 is 10.5. The maximum absolute atomic E-state index is 12.4. The zero-order valence-electron chi connectivity index (χ0n) is 19.4. The van der Waals surface area contributed by atoms with Crippen molar-refractivity contribution in [3.63, 3.8) is 0 Å². The molecule has 1 aliphatic heterocycles. The minimum Gasteiger partial charge on any atom is -0.385 e. The first-order chi connectivity index (χ1) is 16.5. The molecule has 4 N–H and O–H groups in total. The number of hydrogen-bond donors (Lipinski definition) is 4. The van der Waals surface area contributed by atoms with Gasteiger partial charge in [-0.3, -0.25) is 14.4 Å². The van der Waals surface area contributed by atoms with Crippen molar-refractivity contribution >= 4 is 29.1 Å². The highest BCUT2D eigenvalue weighted by molar-refractivity contribution is 5.97. The molecular formula is C25H32N4O5. The first-order valence-electron chi connectivity index (χ1n) is 11.5. The fraction of sp³-hybridized carbons (Fsp3) is 0.400. The zero-order chi connectivity index (χ0) is 24.2. The van der Waals surface area contributed by atoms with Crippen molar-refractivity contribution in [3.8, 4) is 0 Å². The van der Waals surface area contributed by atoms with Crippen LogP contribution in [-0.2, 0) is 14.3 Å². The number of carbonyl (C=O) groups excluding carboxylic acids is 3. The number of ether oxygens (including phenoxy) is 2. The molecule has 0 aliphatic carbocycles. The number of methoxy groups -OCH3 is 1. The second-order valence-electron chi connectivity index (χ2n) is 8.01. The number of nitrogens with one attached hydrogen (secondary N) is 4.